The van der Waals surface area contributed by atoms with Crippen molar-refractivity contribution in [2.24, 2.45) is 11.8 Å². The lowest BCUT2D eigenvalue weighted by molar-refractivity contribution is -0.140. The van der Waals surface area contributed by atoms with Crippen LogP contribution in [0.1, 0.15) is 25.7 Å². The fourth-order valence-corrected chi connectivity index (χ4v) is 2.94. The van der Waals surface area contributed by atoms with E-state index in [9.17, 15) is 4.79 Å². The van der Waals surface area contributed by atoms with Gasteiger partial charge in [-0.2, -0.15) is 0 Å². The summed E-state index contributed by atoms with van der Waals surface area (Å²) in [7, 11) is 0. The molecule has 3 fully saturated rings. The van der Waals surface area contributed by atoms with Crippen molar-refractivity contribution in [2.75, 3.05) is 0 Å². The Morgan fingerprint density at radius 2 is 1.55 bits per heavy atom. The maximum atomic E-state index is 11.6. The quantitative estimate of drug-likeness (QED) is 0.520. The highest BCUT2D eigenvalue weighted by Gasteiger charge is 2.52. The van der Waals surface area contributed by atoms with Crippen LogP contribution in [0, 0.1) is 11.8 Å². The van der Waals surface area contributed by atoms with Gasteiger partial charge in [0, 0.05) is 11.8 Å². The molecule has 2 heterocycles. The highest BCUT2D eigenvalue weighted by molar-refractivity contribution is 5.87. The Morgan fingerprint density at radius 3 is 2.09 bits per heavy atom. The van der Waals surface area contributed by atoms with Gasteiger partial charge in [0.15, 0.2) is 0 Å². The molecule has 0 amide bonds. The maximum Gasteiger partial charge on any atom is 0.144 e. The molecule has 60 valence electrons. The molecule has 4 bridgehead atoms. The van der Waals surface area contributed by atoms with E-state index in [-0.39, 0.29) is 0 Å². The molecule has 4 atom stereocenters. The van der Waals surface area contributed by atoms with Gasteiger partial charge in [0.1, 0.15) is 5.78 Å². The largest absolute Gasteiger partial charge is 0.373 e. The summed E-state index contributed by atoms with van der Waals surface area (Å²) in [5.74, 6) is 1.10. The molecule has 0 radical (unpaired) electrons. The van der Waals surface area contributed by atoms with E-state index in [0.717, 1.165) is 25.7 Å². The first-order valence-electron chi connectivity index (χ1n) is 4.55. The monoisotopic (exact) mass is 152 g/mol. The predicted octanol–water partition coefficient (Wildman–Crippen LogP) is 1.14. The third-order valence-electron chi connectivity index (χ3n) is 3.50. The number of carbonyl (C=O) groups excluding carboxylic acids is 1. The van der Waals surface area contributed by atoms with Gasteiger partial charge in [-0.15, -0.1) is 0 Å². The first-order chi connectivity index (χ1) is 5.36. The van der Waals surface area contributed by atoms with Gasteiger partial charge >= 0.3 is 0 Å². The molecule has 0 aromatic rings. The van der Waals surface area contributed by atoms with Crippen LogP contribution in [0.2, 0.25) is 0 Å². The highest BCUT2D eigenvalue weighted by Crippen LogP contribution is 2.46. The molecule has 0 unspecified atom stereocenters. The van der Waals surface area contributed by atoms with Crippen molar-refractivity contribution in [1.29, 1.82) is 0 Å². The van der Waals surface area contributed by atoms with E-state index in [1.165, 1.54) is 0 Å². The fourth-order valence-electron chi connectivity index (χ4n) is 2.94. The van der Waals surface area contributed by atoms with Crippen LogP contribution in [0.4, 0.5) is 0 Å². The second kappa shape index (κ2) is 1.86. The van der Waals surface area contributed by atoms with Crippen molar-refractivity contribution in [3.63, 3.8) is 0 Å². The van der Waals surface area contributed by atoms with Crippen molar-refractivity contribution in [1.82, 2.24) is 0 Å². The van der Waals surface area contributed by atoms with Crippen LogP contribution in [-0.4, -0.2) is 18.0 Å². The van der Waals surface area contributed by atoms with E-state index < -0.39 is 0 Å². The Morgan fingerprint density at radius 1 is 1.00 bits per heavy atom. The Kier molecular flexibility index (Phi) is 1.05. The van der Waals surface area contributed by atoms with Gasteiger partial charge in [-0.3, -0.25) is 4.79 Å². The smallest absolute Gasteiger partial charge is 0.144 e. The molecule has 1 saturated carbocycles. The molecule has 2 saturated heterocycles. The zero-order valence-corrected chi connectivity index (χ0v) is 6.45. The van der Waals surface area contributed by atoms with Crippen LogP contribution in [0.25, 0.3) is 0 Å². The Bertz CT molecular complexity index is 192. The molecule has 0 aromatic carbocycles. The average Bonchev–Trinajstić information content (AvgIpc) is 2.42. The van der Waals surface area contributed by atoms with Gasteiger partial charge in [0.2, 0.25) is 0 Å². The van der Waals surface area contributed by atoms with Crippen molar-refractivity contribution >= 4 is 5.78 Å². The lowest BCUT2D eigenvalue weighted by Crippen LogP contribution is -2.36. The fraction of sp³-hybridized carbons (Fsp3) is 0.889. The Balaban J connectivity index is 2.03. The third kappa shape index (κ3) is 0.639. The standard InChI is InChI=1S/C9H12O2/c10-9-5-1-2-6(9)8-4-3-7(5)11-8/h5-8H,1-4H2/t5-,6-,7+,8+/m0/s1. The summed E-state index contributed by atoms with van der Waals surface area (Å²) in [5.41, 5.74) is 0. The Labute approximate surface area is 65.9 Å². The van der Waals surface area contributed by atoms with E-state index >= 15 is 0 Å². The molecule has 2 nitrogen and oxygen atoms in total. The van der Waals surface area contributed by atoms with Gasteiger partial charge < -0.3 is 4.74 Å². The van der Waals surface area contributed by atoms with E-state index in [1.807, 2.05) is 0 Å². The summed E-state index contributed by atoms with van der Waals surface area (Å²) in [5, 5.41) is 0. The number of ketones is 1. The molecule has 0 N–H and O–H groups in total. The number of ether oxygens (including phenoxy) is 1. The number of carbonyl (C=O) groups is 1. The lowest BCUT2D eigenvalue weighted by Gasteiger charge is -2.25. The van der Waals surface area contributed by atoms with Crippen molar-refractivity contribution in [3.8, 4) is 0 Å². The highest BCUT2D eigenvalue weighted by atomic mass is 16.5. The predicted molar refractivity (Wildman–Crippen MR) is 39.1 cm³/mol. The summed E-state index contributed by atoms with van der Waals surface area (Å²) < 4.78 is 5.73. The van der Waals surface area contributed by atoms with E-state index in [0.29, 0.717) is 29.8 Å². The van der Waals surface area contributed by atoms with Gasteiger partial charge in [-0.25, -0.2) is 0 Å². The van der Waals surface area contributed by atoms with Crippen molar-refractivity contribution in [3.05, 3.63) is 0 Å². The zero-order chi connectivity index (χ0) is 7.42. The zero-order valence-electron chi connectivity index (χ0n) is 6.45. The van der Waals surface area contributed by atoms with Crippen LogP contribution in [0.3, 0.4) is 0 Å². The molecular weight excluding hydrogens is 140 g/mol. The first kappa shape index (κ1) is 6.18. The number of rotatable bonds is 0. The molecule has 2 heteroatoms. The molecule has 2 aliphatic heterocycles. The van der Waals surface area contributed by atoms with E-state index in [4.69, 9.17) is 4.74 Å². The third-order valence-corrected chi connectivity index (χ3v) is 3.50. The summed E-state index contributed by atoms with van der Waals surface area (Å²) in [6.45, 7) is 0. The van der Waals surface area contributed by atoms with Gasteiger partial charge in [0.05, 0.1) is 12.2 Å². The minimum Gasteiger partial charge on any atom is -0.373 e. The van der Waals surface area contributed by atoms with Crippen LogP contribution in [-0.2, 0) is 9.53 Å². The molecule has 1 aliphatic carbocycles. The van der Waals surface area contributed by atoms with Gasteiger partial charge in [-0.05, 0) is 25.7 Å². The van der Waals surface area contributed by atoms with Gasteiger partial charge in [0.25, 0.3) is 0 Å². The summed E-state index contributed by atoms with van der Waals surface area (Å²) in [6, 6.07) is 0. The maximum absolute atomic E-state index is 11.6. The lowest BCUT2D eigenvalue weighted by atomic mass is 9.96. The molecule has 3 rings (SSSR count). The average molecular weight is 152 g/mol. The van der Waals surface area contributed by atoms with Crippen LogP contribution >= 0.6 is 0 Å². The molecule has 0 spiro atoms. The topological polar surface area (TPSA) is 26.3 Å². The normalized spacial score (nSPS) is 53.6. The number of hydrogen-bond donors (Lipinski definition) is 0. The summed E-state index contributed by atoms with van der Waals surface area (Å²) in [4.78, 5) is 11.6. The molecule has 11 heavy (non-hydrogen) atoms. The first-order valence-corrected chi connectivity index (χ1v) is 4.55. The number of Topliss-reactive ketones (excluding diaryl/α,β-unsaturated/α-hetero) is 1. The SMILES string of the molecule is O=C1[C@H]2CC[C@H]1[C@H]1CC[C@H]2O1. The second-order valence-corrected chi connectivity index (χ2v) is 3.98. The minimum absolute atomic E-state index is 0.291. The summed E-state index contributed by atoms with van der Waals surface area (Å²) >= 11 is 0. The number of fused-ring (bicyclic) bond motifs is 6. The summed E-state index contributed by atoms with van der Waals surface area (Å²) in [6.07, 6.45) is 5.10. The van der Waals surface area contributed by atoms with Crippen LogP contribution in [0.5, 0.6) is 0 Å². The van der Waals surface area contributed by atoms with Crippen LogP contribution in [0.15, 0.2) is 0 Å². The van der Waals surface area contributed by atoms with Crippen LogP contribution < -0.4 is 0 Å². The van der Waals surface area contributed by atoms with Gasteiger partial charge in [-0.1, -0.05) is 0 Å². The Hall–Kier alpha value is -0.370. The molecular formula is C9H12O2. The van der Waals surface area contributed by atoms with E-state index in [1.54, 1.807) is 0 Å². The van der Waals surface area contributed by atoms with E-state index in [2.05, 4.69) is 0 Å². The van der Waals surface area contributed by atoms with Crippen molar-refractivity contribution < 1.29 is 9.53 Å². The second-order valence-electron chi connectivity index (χ2n) is 3.98. The molecule has 0 aromatic heterocycles. The minimum atomic E-state index is 0.291. The number of hydrogen-bond acceptors (Lipinski definition) is 2. The molecule has 3 aliphatic rings. The van der Waals surface area contributed by atoms with Crippen molar-refractivity contribution in [2.45, 2.75) is 37.9 Å².